The smallest absolute Gasteiger partial charge is 0.264 e. The van der Waals surface area contributed by atoms with E-state index in [1.165, 1.54) is 23.8 Å². The van der Waals surface area contributed by atoms with E-state index in [-0.39, 0.29) is 16.7 Å². The van der Waals surface area contributed by atoms with Crippen LogP contribution in [0.3, 0.4) is 0 Å². The van der Waals surface area contributed by atoms with Gasteiger partial charge in [-0.15, -0.1) is 0 Å². The van der Waals surface area contributed by atoms with Crippen LogP contribution in [0.1, 0.15) is 24.7 Å². The summed E-state index contributed by atoms with van der Waals surface area (Å²) >= 11 is 1.28. The number of thioether (sulfide) groups is 1. The van der Waals surface area contributed by atoms with Gasteiger partial charge in [0.15, 0.2) is 0 Å². The van der Waals surface area contributed by atoms with Gasteiger partial charge >= 0.3 is 0 Å². The minimum absolute atomic E-state index is 0.0280. The van der Waals surface area contributed by atoms with Crippen LogP contribution in [0.25, 0.3) is 0 Å². The number of hydrogen-bond acceptors (Lipinski definition) is 6. The summed E-state index contributed by atoms with van der Waals surface area (Å²) in [5.41, 5.74) is 1.88. The summed E-state index contributed by atoms with van der Waals surface area (Å²) in [5, 5.41) is 12.2. The molecule has 8 nitrogen and oxygen atoms in total. The first-order valence-electron chi connectivity index (χ1n) is 8.41. The Morgan fingerprint density at radius 3 is 2.92 bits per heavy atom. The number of ether oxygens (including phenoxy) is 1. The maximum Gasteiger partial charge on any atom is 0.264 e. The van der Waals surface area contributed by atoms with Crippen molar-refractivity contribution in [1.29, 1.82) is 5.26 Å². The fourth-order valence-corrected chi connectivity index (χ4v) is 3.99. The van der Waals surface area contributed by atoms with Gasteiger partial charge in [-0.3, -0.25) is 9.59 Å². The Balaban J connectivity index is 2.14. The zero-order chi connectivity index (χ0) is 19.1. The van der Waals surface area contributed by atoms with Gasteiger partial charge in [0, 0.05) is 25.9 Å². The third-order valence-corrected chi connectivity index (χ3v) is 5.45. The van der Waals surface area contributed by atoms with E-state index in [0.717, 1.165) is 11.4 Å². The molecule has 1 saturated heterocycles. The van der Waals surface area contributed by atoms with E-state index >= 15 is 0 Å². The summed E-state index contributed by atoms with van der Waals surface area (Å²) < 4.78 is 4.89. The summed E-state index contributed by atoms with van der Waals surface area (Å²) in [4.78, 5) is 33.8. The minimum Gasteiger partial charge on any atom is -0.383 e. The molecule has 0 aliphatic carbocycles. The molecule has 2 amide bonds. The van der Waals surface area contributed by atoms with E-state index in [4.69, 9.17) is 4.74 Å². The van der Waals surface area contributed by atoms with E-state index in [9.17, 15) is 14.9 Å². The van der Waals surface area contributed by atoms with Crippen molar-refractivity contribution < 1.29 is 14.3 Å². The summed E-state index contributed by atoms with van der Waals surface area (Å²) in [6.07, 6.45) is 2.89. The molecule has 0 spiro atoms. The normalized spacial score (nSPS) is 18.8. The van der Waals surface area contributed by atoms with Gasteiger partial charge in [0.05, 0.1) is 23.9 Å². The van der Waals surface area contributed by atoms with Gasteiger partial charge in [-0.1, -0.05) is 11.8 Å². The number of H-pyrrole nitrogens is 1. The number of nitrogens with one attached hydrogen (secondary N) is 2. The van der Waals surface area contributed by atoms with Gasteiger partial charge in [-0.2, -0.15) is 5.26 Å². The molecule has 1 fully saturated rings. The summed E-state index contributed by atoms with van der Waals surface area (Å²) in [6, 6.07) is 1.95. The molecular formula is C17H23N5O3S. The average Bonchev–Trinajstić information content (AvgIpc) is 3.17. The van der Waals surface area contributed by atoms with Gasteiger partial charge in [-0.25, -0.2) is 4.98 Å². The number of aryl methyl sites for hydroxylation is 2. The molecule has 0 radical (unpaired) electrons. The first-order valence-corrected chi connectivity index (χ1v) is 9.29. The van der Waals surface area contributed by atoms with Crippen molar-refractivity contribution in [1.82, 2.24) is 20.2 Å². The summed E-state index contributed by atoms with van der Waals surface area (Å²) in [7, 11) is 1.53. The molecule has 1 atom stereocenters. The lowest BCUT2D eigenvalue weighted by molar-refractivity contribution is -0.127. The fraction of sp³-hybridized carbons (Fsp3) is 0.529. The standard InChI is InChI=1S/C17H23N5O3S/c1-4-22-16(24)14(6-5-13-11(2)20-10-21-13)26-17(22)12(9-18)15(23)19-7-8-25-3/h10,14H,4-8H2,1-3H3,(H,19,23)(H,20,21). The number of aromatic amines is 1. The quantitative estimate of drug-likeness (QED) is 0.399. The van der Waals surface area contributed by atoms with Crippen LogP contribution in [0.5, 0.6) is 0 Å². The average molecular weight is 377 g/mol. The third-order valence-electron chi connectivity index (χ3n) is 4.08. The van der Waals surface area contributed by atoms with Gasteiger partial charge in [0.25, 0.3) is 5.91 Å². The van der Waals surface area contributed by atoms with Gasteiger partial charge in [-0.05, 0) is 26.7 Å². The van der Waals surface area contributed by atoms with Crippen molar-refractivity contribution in [3.63, 3.8) is 0 Å². The predicted octanol–water partition coefficient (Wildman–Crippen LogP) is 1.11. The molecule has 0 bridgehead atoms. The highest BCUT2D eigenvalue weighted by Crippen LogP contribution is 2.39. The van der Waals surface area contributed by atoms with E-state index in [0.29, 0.717) is 37.6 Å². The molecule has 1 aromatic heterocycles. The molecule has 0 aromatic carbocycles. The lowest BCUT2D eigenvalue weighted by Gasteiger charge is -2.15. The van der Waals surface area contributed by atoms with Crippen LogP contribution < -0.4 is 5.32 Å². The van der Waals surface area contributed by atoms with Gasteiger partial charge in [0.1, 0.15) is 16.7 Å². The van der Waals surface area contributed by atoms with E-state index in [1.807, 2.05) is 19.9 Å². The number of aromatic nitrogens is 2. The van der Waals surface area contributed by atoms with Crippen molar-refractivity contribution in [3.8, 4) is 6.07 Å². The molecule has 9 heteroatoms. The fourth-order valence-electron chi connectivity index (χ4n) is 2.66. The molecule has 2 N–H and O–H groups in total. The van der Waals surface area contributed by atoms with E-state index < -0.39 is 5.91 Å². The van der Waals surface area contributed by atoms with Crippen LogP contribution in [0, 0.1) is 18.3 Å². The number of imidazole rings is 1. The number of nitrogens with zero attached hydrogens (tertiary/aromatic N) is 3. The second-order valence-corrected chi connectivity index (χ2v) is 6.93. The highest BCUT2D eigenvalue weighted by molar-refractivity contribution is 8.04. The Labute approximate surface area is 157 Å². The molecule has 1 aromatic rings. The first-order chi connectivity index (χ1) is 12.5. The van der Waals surface area contributed by atoms with Crippen LogP contribution in [0.15, 0.2) is 16.9 Å². The number of nitriles is 1. The number of carbonyl (C=O) groups is 2. The van der Waals surface area contributed by atoms with Crippen molar-refractivity contribution >= 4 is 23.6 Å². The monoisotopic (exact) mass is 377 g/mol. The number of methoxy groups -OCH3 is 1. The number of hydrogen-bond donors (Lipinski definition) is 2. The highest BCUT2D eigenvalue weighted by Gasteiger charge is 2.38. The number of rotatable bonds is 8. The lowest BCUT2D eigenvalue weighted by atomic mass is 10.1. The molecule has 1 aliphatic rings. The van der Waals surface area contributed by atoms with Crippen molar-refractivity contribution in [2.75, 3.05) is 26.8 Å². The highest BCUT2D eigenvalue weighted by atomic mass is 32.2. The number of amides is 2. The van der Waals surface area contributed by atoms with Crippen LogP contribution >= 0.6 is 11.8 Å². The summed E-state index contributed by atoms with van der Waals surface area (Å²) in [6.45, 7) is 4.84. The molecule has 1 unspecified atom stereocenters. The lowest BCUT2D eigenvalue weighted by Crippen LogP contribution is -2.32. The topological polar surface area (TPSA) is 111 Å². The van der Waals surface area contributed by atoms with E-state index in [2.05, 4.69) is 15.3 Å². The van der Waals surface area contributed by atoms with Gasteiger partial charge < -0.3 is 19.9 Å². The largest absolute Gasteiger partial charge is 0.383 e. The molecule has 0 saturated carbocycles. The SMILES string of the molecule is CCN1C(=O)C(CCc2nc[nH]c2C)SC1=C(C#N)C(=O)NCCOC. The van der Waals surface area contributed by atoms with Crippen LogP contribution in [0.2, 0.25) is 0 Å². The van der Waals surface area contributed by atoms with Crippen molar-refractivity contribution in [2.24, 2.45) is 0 Å². The van der Waals surface area contributed by atoms with Crippen molar-refractivity contribution in [3.05, 3.63) is 28.3 Å². The minimum atomic E-state index is -0.484. The molecule has 26 heavy (non-hydrogen) atoms. The molecular weight excluding hydrogens is 354 g/mol. The third kappa shape index (κ3) is 4.45. The van der Waals surface area contributed by atoms with E-state index in [1.54, 1.807) is 6.33 Å². The molecule has 2 heterocycles. The Bertz CT molecular complexity index is 737. The van der Waals surface area contributed by atoms with Crippen LogP contribution in [-0.4, -0.2) is 58.7 Å². The van der Waals surface area contributed by atoms with Crippen LogP contribution in [0.4, 0.5) is 0 Å². The maximum absolute atomic E-state index is 12.7. The Morgan fingerprint density at radius 2 is 2.35 bits per heavy atom. The van der Waals surface area contributed by atoms with Gasteiger partial charge in [0.2, 0.25) is 5.91 Å². The Morgan fingerprint density at radius 1 is 1.58 bits per heavy atom. The summed E-state index contributed by atoms with van der Waals surface area (Å²) in [5.74, 6) is -0.555. The van der Waals surface area contributed by atoms with Crippen molar-refractivity contribution in [2.45, 2.75) is 31.9 Å². The van der Waals surface area contributed by atoms with Crippen LogP contribution in [-0.2, 0) is 20.7 Å². The second-order valence-electron chi connectivity index (χ2n) is 5.74. The molecule has 2 rings (SSSR count). The second kappa shape index (κ2) is 9.40. The molecule has 1 aliphatic heterocycles. The zero-order valence-corrected chi connectivity index (χ0v) is 16.0. The molecule has 140 valence electrons. The Kier molecular flexibility index (Phi) is 7.24. The predicted molar refractivity (Wildman–Crippen MR) is 97.9 cm³/mol. The number of carbonyl (C=O) groups excluding carboxylic acids is 2. The zero-order valence-electron chi connectivity index (χ0n) is 15.2. The Hall–Kier alpha value is -2.31. The first kappa shape index (κ1) is 20.0. The maximum atomic E-state index is 12.7.